The van der Waals surface area contributed by atoms with Crippen LogP contribution in [0, 0.1) is 0 Å². The van der Waals surface area contributed by atoms with Crippen LogP contribution in [0.5, 0.6) is 5.75 Å². The summed E-state index contributed by atoms with van der Waals surface area (Å²) in [5, 5.41) is 0. The Bertz CT molecular complexity index is 999. The first kappa shape index (κ1) is 17.9. The second-order valence-corrected chi connectivity index (χ2v) is 5.57. The number of hydrogen-bond donors (Lipinski definition) is 3. The van der Waals surface area contributed by atoms with E-state index in [-0.39, 0.29) is 12.2 Å². The van der Waals surface area contributed by atoms with E-state index >= 15 is 0 Å². The molecule has 2 amide bonds. The smallest absolute Gasteiger partial charge is 0.276 e. The van der Waals surface area contributed by atoms with E-state index in [0.29, 0.717) is 5.75 Å². The van der Waals surface area contributed by atoms with E-state index in [4.69, 9.17) is 4.74 Å². The van der Waals surface area contributed by atoms with E-state index in [0.717, 1.165) is 11.1 Å². The number of aromatic nitrogens is 1. The topological polar surface area (TPSA) is 100 Å². The minimum absolute atomic E-state index is 0.104. The molecule has 0 aliphatic carbocycles. The normalized spacial score (nSPS) is 10.1. The Morgan fingerprint density at radius 3 is 2.41 bits per heavy atom. The zero-order valence-corrected chi connectivity index (χ0v) is 14.3. The number of rotatable bonds is 5. The summed E-state index contributed by atoms with van der Waals surface area (Å²) in [6.07, 6.45) is 1.41. The van der Waals surface area contributed by atoms with E-state index < -0.39 is 17.4 Å². The number of carbonyl (C=O) groups is 2. The summed E-state index contributed by atoms with van der Waals surface area (Å²) in [5.41, 5.74) is 5.57. The minimum Gasteiger partial charge on any atom is -0.483 e. The van der Waals surface area contributed by atoms with Crippen LogP contribution in [0.1, 0.15) is 10.4 Å². The summed E-state index contributed by atoms with van der Waals surface area (Å²) in [4.78, 5) is 37.8. The van der Waals surface area contributed by atoms with Crippen LogP contribution in [-0.4, -0.2) is 23.4 Å². The Kier molecular flexibility index (Phi) is 5.64. The number of H-pyrrole nitrogens is 1. The highest BCUT2D eigenvalue weighted by atomic mass is 16.5. The molecular formula is C20H17N3O4. The molecule has 0 fully saturated rings. The van der Waals surface area contributed by atoms with E-state index in [1.54, 1.807) is 6.07 Å². The second-order valence-electron chi connectivity index (χ2n) is 5.57. The monoisotopic (exact) mass is 363 g/mol. The molecular weight excluding hydrogens is 346 g/mol. The van der Waals surface area contributed by atoms with Gasteiger partial charge in [0.15, 0.2) is 6.61 Å². The molecule has 3 N–H and O–H groups in total. The van der Waals surface area contributed by atoms with Crippen molar-refractivity contribution >= 4 is 11.8 Å². The van der Waals surface area contributed by atoms with Crippen molar-refractivity contribution in [2.45, 2.75) is 0 Å². The van der Waals surface area contributed by atoms with E-state index in [9.17, 15) is 14.4 Å². The van der Waals surface area contributed by atoms with E-state index in [2.05, 4.69) is 15.8 Å². The van der Waals surface area contributed by atoms with Gasteiger partial charge in [0.1, 0.15) is 11.3 Å². The largest absolute Gasteiger partial charge is 0.483 e. The Morgan fingerprint density at radius 1 is 0.889 bits per heavy atom. The predicted octanol–water partition coefficient (Wildman–Crippen LogP) is 1.88. The van der Waals surface area contributed by atoms with Crippen molar-refractivity contribution in [3.05, 3.63) is 88.8 Å². The highest BCUT2D eigenvalue weighted by Gasteiger charge is 2.12. The maximum absolute atomic E-state index is 11.9. The third-order valence-corrected chi connectivity index (χ3v) is 3.71. The van der Waals surface area contributed by atoms with Gasteiger partial charge >= 0.3 is 0 Å². The molecule has 0 unspecified atom stereocenters. The molecule has 0 radical (unpaired) electrons. The Hall–Kier alpha value is -3.87. The van der Waals surface area contributed by atoms with Gasteiger partial charge in [-0.05, 0) is 23.8 Å². The van der Waals surface area contributed by atoms with Crippen LogP contribution in [-0.2, 0) is 4.79 Å². The molecule has 7 heteroatoms. The molecule has 3 rings (SSSR count). The zero-order chi connectivity index (χ0) is 19.1. The molecule has 0 bridgehead atoms. The average Bonchev–Trinajstić information content (AvgIpc) is 2.71. The fourth-order valence-corrected chi connectivity index (χ4v) is 2.42. The first-order chi connectivity index (χ1) is 13.1. The molecule has 0 saturated carbocycles. The number of hydrazine groups is 1. The van der Waals surface area contributed by atoms with Crippen LogP contribution in [0.25, 0.3) is 11.1 Å². The third-order valence-electron chi connectivity index (χ3n) is 3.71. The highest BCUT2D eigenvalue weighted by Crippen LogP contribution is 2.29. The summed E-state index contributed by atoms with van der Waals surface area (Å²) >= 11 is 0. The Morgan fingerprint density at radius 2 is 1.63 bits per heavy atom. The lowest BCUT2D eigenvalue weighted by atomic mass is 10.1. The van der Waals surface area contributed by atoms with Gasteiger partial charge in [-0.15, -0.1) is 0 Å². The zero-order valence-electron chi connectivity index (χ0n) is 14.3. The lowest BCUT2D eigenvalue weighted by molar-refractivity contribution is -0.123. The van der Waals surface area contributed by atoms with E-state index in [1.165, 1.54) is 18.3 Å². The third kappa shape index (κ3) is 4.60. The molecule has 0 aliphatic heterocycles. The number of benzene rings is 2. The van der Waals surface area contributed by atoms with Crippen molar-refractivity contribution in [2.24, 2.45) is 0 Å². The molecule has 7 nitrogen and oxygen atoms in total. The van der Waals surface area contributed by atoms with Crippen molar-refractivity contribution in [3.63, 3.8) is 0 Å². The van der Waals surface area contributed by atoms with Gasteiger partial charge in [-0.1, -0.05) is 48.5 Å². The number of carbonyl (C=O) groups excluding carboxylic acids is 2. The van der Waals surface area contributed by atoms with Crippen molar-refractivity contribution < 1.29 is 14.3 Å². The number of nitrogens with one attached hydrogen (secondary N) is 3. The van der Waals surface area contributed by atoms with Gasteiger partial charge < -0.3 is 9.72 Å². The lowest BCUT2D eigenvalue weighted by Crippen LogP contribution is -2.45. The van der Waals surface area contributed by atoms with Crippen molar-refractivity contribution in [3.8, 4) is 16.9 Å². The maximum Gasteiger partial charge on any atom is 0.276 e. The summed E-state index contributed by atoms with van der Waals surface area (Å²) in [7, 11) is 0. The summed E-state index contributed by atoms with van der Waals surface area (Å²) in [5.74, 6) is -0.724. The van der Waals surface area contributed by atoms with Gasteiger partial charge in [-0.2, -0.15) is 0 Å². The SMILES string of the molecule is O=C(COc1ccccc1-c1ccccc1)NNC(=O)c1ccc[nH]c1=O. The molecule has 0 saturated heterocycles. The van der Waals surface area contributed by atoms with Gasteiger partial charge in [-0.3, -0.25) is 25.2 Å². The predicted molar refractivity (Wildman–Crippen MR) is 100 cm³/mol. The maximum atomic E-state index is 11.9. The van der Waals surface area contributed by atoms with Crippen LogP contribution in [0.2, 0.25) is 0 Å². The summed E-state index contributed by atoms with van der Waals surface area (Å²) < 4.78 is 5.58. The van der Waals surface area contributed by atoms with Crippen LogP contribution >= 0.6 is 0 Å². The van der Waals surface area contributed by atoms with Gasteiger partial charge in [-0.25, -0.2) is 0 Å². The quantitative estimate of drug-likeness (QED) is 0.603. The number of pyridine rings is 1. The number of hydrogen-bond acceptors (Lipinski definition) is 4. The molecule has 3 aromatic rings. The van der Waals surface area contributed by atoms with Crippen LogP contribution in [0.4, 0.5) is 0 Å². The summed E-state index contributed by atoms with van der Waals surface area (Å²) in [6, 6.07) is 19.9. The van der Waals surface area contributed by atoms with Gasteiger partial charge in [0.05, 0.1) is 0 Å². The van der Waals surface area contributed by atoms with Crippen molar-refractivity contribution in [1.82, 2.24) is 15.8 Å². The van der Waals surface area contributed by atoms with E-state index in [1.807, 2.05) is 48.5 Å². The number of para-hydroxylation sites is 1. The molecule has 0 spiro atoms. The number of amides is 2. The molecule has 136 valence electrons. The standard InChI is InChI=1S/C20H17N3O4/c24-18(22-23-20(26)16-10-6-12-21-19(16)25)13-27-17-11-5-4-9-15(17)14-7-2-1-3-8-14/h1-12H,13H2,(H,21,25)(H,22,24)(H,23,26). The lowest BCUT2D eigenvalue weighted by Gasteiger charge is -2.12. The van der Waals surface area contributed by atoms with Crippen LogP contribution in [0.3, 0.4) is 0 Å². The molecule has 1 aromatic heterocycles. The molecule has 0 aliphatic rings. The molecule has 1 heterocycles. The van der Waals surface area contributed by atoms with Gasteiger partial charge in [0.2, 0.25) is 0 Å². The minimum atomic E-state index is -0.713. The summed E-state index contributed by atoms with van der Waals surface area (Å²) in [6.45, 7) is -0.296. The fraction of sp³-hybridized carbons (Fsp3) is 0.0500. The van der Waals surface area contributed by atoms with Crippen molar-refractivity contribution in [2.75, 3.05) is 6.61 Å². The number of aromatic amines is 1. The van der Waals surface area contributed by atoms with Gasteiger partial charge in [0, 0.05) is 11.8 Å². The first-order valence-electron chi connectivity index (χ1n) is 8.19. The van der Waals surface area contributed by atoms with Gasteiger partial charge in [0.25, 0.3) is 17.4 Å². The average molecular weight is 363 g/mol. The van der Waals surface area contributed by atoms with Crippen molar-refractivity contribution in [1.29, 1.82) is 0 Å². The second kappa shape index (κ2) is 8.48. The molecule has 0 atom stereocenters. The first-order valence-corrected chi connectivity index (χ1v) is 8.19. The number of ether oxygens (including phenoxy) is 1. The highest BCUT2D eigenvalue weighted by molar-refractivity contribution is 5.95. The molecule has 27 heavy (non-hydrogen) atoms. The van der Waals surface area contributed by atoms with Crippen LogP contribution < -0.4 is 21.1 Å². The molecule has 2 aromatic carbocycles. The Labute approximate surface area is 155 Å². The fourth-order valence-electron chi connectivity index (χ4n) is 2.42. The Balaban J connectivity index is 1.58. The van der Waals surface area contributed by atoms with Crippen LogP contribution in [0.15, 0.2) is 77.7 Å².